The quantitative estimate of drug-likeness (QED) is 0.851. The molecule has 0 unspecified atom stereocenters. The van der Waals surface area contributed by atoms with Gasteiger partial charge in [-0.3, -0.25) is 4.79 Å². The van der Waals surface area contributed by atoms with E-state index >= 15 is 0 Å². The second kappa shape index (κ2) is 5.98. The summed E-state index contributed by atoms with van der Waals surface area (Å²) in [6.07, 6.45) is -2.13. The summed E-state index contributed by atoms with van der Waals surface area (Å²) in [5.74, 6) is -0.668. The lowest BCUT2D eigenvalue weighted by Gasteiger charge is -2.10. The van der Waals surface area contributed by atoms with Crippen LogP contribution in [-0.4, -0.2) is 15.9 Å². The number of nitrogens with zero attached hydrogens (tertiary/aromatic N) is 2. The first-order valence-corrected chi connectivity index (χ1v) is 6.60. The van der Waals surface area contributed by atoms with Crippen molar-refractivity contribution in [3.8, 4) is 0 Å². The van der Waals surface area contributed by atoms with Gasteiger partial charge >= 0.3 is 6.18 Å². The van der Waals surface area contributed by atoms with Crippen LogP contribution in [0.4, 0.5) is 19.0 Å². The Hall–Kier alpha value is -1.67. The molecule has 4 nitrogen and oxygen atoms in total. The molecule has 1 aromatic carbocycles. The van der Waals surface area contributed by atoms with Crippen LogP contribution in [0.2, 0.25) is 5.15 Å². The minimum absolute atomic E-state index is 0.0775. The molecule has 0 aliphatic carbocycles. The zero-order valence-electron chi connectivity index (χ0n) is 10.1. The summed E-state index contributed by atoms with van der Waals surface area (Å²) in [6, 6.07) is 2.79. The van der Waals surface area contributed by atoms with E-state index in [9.17, 15) is 18.0 Å². The van der Waals surface area contributed by atoms with Crippen molar-refractivity contribution in [1.29, 1.82) is 0 Å². The van der Waals surface area contributed by atoms with Crippen molar-refractivity contribution in [2.45, 2.75) is 6.18 Å². The van der Waals surface area contributed by atoms with Crippen molar-refractivity contribution in [2.24, 2.45) is 0 Å². The van der Waals surface area contributed by atoms with E-state index in [2.05, 4.69) is 31.2 Å². The van der Waals surface area contributed by atoms with Gasteiger partial charge in [-0.05, 0) is 34.1 Å². The Kier molecular flexibility index (Phi) is 4.48. The number of carbonyl (C=O) groups is 1. The third-order valence-electron chi connectivity index (χ3n) is 2.40. The monoisotopic (exact) mass is 379 g/mol. The zero-order chi connectivity index (χ0) is 15.6. The maximum Gasteiger partial charge on any atom is 0.416 e. The third-order valence-corrected chi connectivity index (χ3v) is 3.29. The first kappa shape index (κ1) is 15.7. The maximum atomic E-state index is 12.7. The maximum absolute atomic E-state index is 12.7. The molecule has 110 valence electrons. The first-order valence-electron chi connectivity index (χ1n) is 5.43. The SMILES string of the molecule is O=C(Nc1cnc(Cl)cn1)c1cc(C(F)(F)F)ccc1Br. The Morgan fingerprint density at radius 3 is 2.52 bits per heavy atom. The van der Waals surface area contributed by atoms with Gasteiger partial charge in [0.2, 0.25) is 0 Å². The van der Waals surface area contributed by atoms with Crippen LogP contribution in [-0.2, 0) is 6.18 Å². The summed E-state index contributed by atoms with van der Waals surface area (Å²) >= 11 is 8.58. The fraction of sp³-hybridized carbons (Fsp3) is 0.0833. The normalized spacial score (nSPS) is 11.3. The molecule has 1 amide bonds. The fourth-order valence-electron chi connectivity index (χ4n) is 1.44. The first-order chi connectivity index (χ1) is 9.77. The van der Waals surface area contributed by atoms with Crippen molar-refractivity contribution >= 4 is 39.3 Å². The Bertz CT molecular complexity index is 676. The minimum Gasteiger partial charge on any atom is -0.305 e. The van der Waals surface area contributed by atoms with Crippen LogP contribution in [0.1, 0.15) is 15.9 Å². The number of hydrogen-bond donors (Lipinski definition) is 1. The molecule has 0 aliphatic rings. The van der Waals surface area contributed by atoms with Gasteiger partial charge < -0.3 is 5.32 Å². The van der Waals surface area contributed by atoms with Crippen molar-refractivity contribution in [3.63, 3.8) is 0 Å². The topological polar surface area (TPSA) is 54.9 Å². The molecule has 0 aliphatic heterocycles. The minimum atomic E-state index is -4.53. The summed E-state index contributed by atoms with van der Waals surface area (Å²) < 4.78 is 38.2. The average molecular weight is 381 g/mol. The molecule has 1 heterocycles. The number of carbonyl (C=O) groups excluding carboxylic acids is 1. The second-order valence-corrected chi connectivity index (χ2v) is 5.11. The lowest BCUT2D eigenvalue weighted by molar-refractivity contribution is -0.137. The Balaban J connectivity index is 2.28. The Labute approximate surface area is 130 Å². The molecule has 0 fully saturated rings. The van der Waals surface area contributed by atoms with E-state index in [-0.39, 0.29) is 21.0 Å². The van der Waals surface area contributed by atoms with E-state index in [4.69, 9.17) is 11.6 Å². The number of benzene rings is 1. The van der Waals surface area contributed by atoms with E-state index in [1.54, 1.807) is 0 Å². The van der Waals surface area contributed by atoms with E-state index in [0.717, 1.165) is 18.2 Å². The van der Waals surface area contributed by atoms with E-state index < -0.39 is 17.6 Å². The van der Waals surface area contributed by atoms with Crippen LogP contribution in [0.15, 0.2) is 35.1 Å². The molecule has 0 spiro atoms. The van der Waals surface area contributed by atoms with Crippen molar-refractivity contribution in [1.82, 2.24) is 9.97 Å². The summed E-state index contributed by atoms with van der Waals surface area (Å²) in [4.78, 5) is 19.5. The van der Waals surface area contributed by atoms with Gasteiger partial charge in [0.05, 0.1) is 23.5 Å². The molecule has 2 aromatic rings. The molecule has 2 rings (SSSR count). The number of aromatic nitrogens is 2. The molecule has 0 saturated heterocycles. The molecule has 0 bridgehead atoms. The van der Waals surface area contributed by atoms with Crippen molar-refractivity contribution in [2.75, 3.05) is 5.32 Å². The summed E-state index contributed by atoms with van der Waals surface area (Å²) in [7, 11) is 0. The number of halogens is 5. The van der Waals surface area contributed by atoms with Gasteiger partial charge in [0, 0.05) is 4.47 Å². The molecule has 1 aromatic heterocycles. The Morgan fingerprint density at radius 1 is 1.24 bits per heavy atom. The predicted molar refractivity (Wildman–Crippen MR) is 74.1 cm³/mol. The van der Waals surface area contributed by atoms with Gasteiger partial charge in [0.15, 0.2) is 5.82 Å². The highest BCUT2D eigenvalue weighted by molar-refractivity contribution is 9.10. The number of amides is 1. The van der Waals surface area contributed by atoms with Crippen LogP contribution in [0.25, 0.3) is 0 Å². The molecule has 0 saturated carbocycles. The highest BCUT2D eigenvalue weighted by atomic mass is 79.9. The highest BCUT2D eigenvalue weighted by Crippen LogP contribution is 2.32. The second-order valence-electron chi connectivity index (χ2n) is 3.87. The molecular weight excluding hydrogens is 375 g/mol. The largest absolute Gasteiger partial charge is 0.416 e. The molecule has 9 heteroatoms. The van der Waals surface area contributed by atoms with Gasteiger partial charge in [-0.2, -0.15) is 13.2 Å². The van der Waals surface area contributed by atoms with Gasteiger partial charge in [0.1, 0.15) is 5.15 Å². The highest BCUT2D eigenvalue weighted by Gasteiger charge is 2.31. The number of nitrogens with one attached hydrogen (secondary N) is 1. The molecule has 21 heavy (non-hydrogen) atoms. The van der Waals surface area contributed by atoms with Gasteiger partial charge in [0.25, 0.3) is 5.91 Å². The van der Waals surface area contributed by atoms with Crippen LogP contribution in [0.3, 0.4) is 0 Å². The van der Waals surface area contributed by atoms with Crippen LogP contribution >= 0.6 is 27.5 Å². The number of anilines is 1. The van der Waals surface area contributed by atoms with Crippen molar-refractivity contribution in [3.05, 3.63) is 51.3 Å². The summed E-state index contributed by atoms with van der Waals surface area (Å²) in [6.45, 7) is 0. The standard InChI is InChI=1S/C12H6BrClF3N3O/c13-8-2-1-6(12(15,16)17)3-7(8)11(21)20-10-5-18-9(14)4-19-10/h1-5H,(H,19,20,21). The number of hydrogen-bond acceptors (Lipinski definition) is 3. The van der Waals surface area contributed by atoms with Crippen LogP contribution in [0, 0.1) is 0 Å². The molecule has 1 N–H and O–H groups in total. The van der Waals surface area contributed by atoms with Gasteiger partial charge in [-0.1, -0.05) is 11.6 Å². The fourth-order valence-corrected chi connectivity index (χ4v) is 1.96. The van der Waals surface area contributed by atoms with Crippen LogP contribution < -0.4 is 5.32 Å². The Morgan fingerprint density at radius 2 is 1.95 bits per heavy atom. The van der Waals surface area contributed by atoms with Gasteiger partial charge in [-0.15, -0.1) is 0 Å². The zero-order valence-corrected chi connectivity index (χ0v) is 12.4. The lowest BCUT2D eigenvalue weighted by Crippen LogP contribution is -2.15. The molecular formula is C12H6BrClF3N3O. The summed E-state index contributed by atoms with van der Waals surface area (Å²) in [5.41, 5.74) is -1.08. The number of alkyl halides is 3. The van der Waals surface area contributed by atoms with E-state index in [1.807, 2.05) is 0 Å². The van der Waals surface area contributed by atoms with Crippen LogP contribution in [0.5, 0.6) is 0 Å². The number of rotatable bonds is 2. The predicted octanol–water partition coefficient (Wildman–Crippen LogP) is 4.16. The lowest BCUT2D eigenvalue weighted by atomic mass is 10.1. The van der Waals surface area contributed by atoms with Crippen molar-refractivity contribution < 1.29 is 18.0 Å². The third kappa shape index (κ3) is 3.92. The van der Waals surface area contributed by atoms with E-state index in [0.29, 0.717) is 0 Å². The molecule has 0 radical (unpaired) electrons. The average Bonchev–Trinajstić information content (AvgIpc) is 2.40. The van der Waals surface area contributed by atoms with Gasteiger partial charge in [-0.25, -0.2) is 9.97 Å². The smallest absolute Gasteiger partial charge is 0.305 e. The van der Waals surface area contributed by atoms with E-state index in [1.165, 1.54) is 12.4 Å². The molecule has 0 atom stereocenters. The summed E-state index contributed by atoms with van der Waals surface area (Å²) in [5, 5.41) is 2.47.